The third-order valence-electron chi connectivity index (χ3n) is 6.47. The lowest BCUT2D eigenvalue weighted by Gasteiger charge is -2.33. The Hall–Kier alpha value is -1.92. The maximum Gasteiger partial charge on any atom is 0.141 e. The molecule has 2 saturated heterocycles. The van der Waals surface area contributed by atoms with E-state index in [9.17, 15) is 4.39 Å². The van der Waals surface area contributed by atoms with Crippen molar-refractivity contribution in [2.75, 3.05) is 36.4 Å². The van der Waals surface area contributed by atoms with Crippen molar-refractivity contribution in [1.29, 1.82) is 0 Å². The van der Waals surface area contributed by atoms with Gasteiger partial charge >= 0.3 is 0 Å². The zero-order chi connectivity index (χ0) is 20.8. The lowest BCUT2D eigenvalue weighted by Crippen LogP contribution is -2.34. The predicted molar refractivity (Wildman–Crippen MR) is 121 cm³/mol. The van der Waals surface area contributed by atoms with Gasteiger partial charge in [0.1, 0.15) is 23.8 Å². The number of hydrogen-bond donors (Lipinski definition) is 2. The van der Waals surface area contributed by atoms with E-state index >= 15 is 0 Å². The molecule has 1 aromatic heterocycles. The van der Waals surface area contributed by atoms with E-state index in [4.69, 9.17) is 11.6 Å². The Morgan fingerprint density at radius 1 is 1.03 bits per heavy atom. The molecule has 7 heteroatoms. The van der Waals surface area contributed by atoms with E-state index < -0.39 is 5.82 Å². The van der Waals surface area contributed by atoms with Gasteiger partial charge in [-0.3, -0.25) is 0 Å². The summed E-state index contributed by atoms with van der Waals surface area (Å²) in [4.78, 5) is 11.1. The van der Waals surface area contributed by atoms with E-state index in [1.807, 2.05) is 6.07 Å². The fourth-order valence-corrected chi connectivity index (χ4v) is 4.81. The van der Waals surface area contributed by atoms with Crippen molar-refractivity contribution in [2.24, 2.45) is 11.8 Å². The Morgan fingerprint density at radius 3 is 2.50 bits per heavy atom. The van der Waals surface area contributed by atoms with Crippen molar-refractivity contribution in [1.82, 2.24) is 15.3 Å². The average Bonchev–Trinajstić information content (AvgIpc) is 2.78. The summed E-state index contributed by atoms with van der Waals surface area (Å²) >= 11 is 5.87. The van der Waals surface area contributed by atoms with E-state index in [-0.39, 0.29) is 5.02 Å². The molecule has 2 aromatic rings. The van der Waals surface area contributed by atoms with Crippen LogP contribution in [0.2, 0.25) is 5.02 Å². The second kappa shape index (κ2) is 10.4. The summed E-state index contributed by atoms with van der Waals surface area (Å²) in [5.74, 6) is 2.97. The molecular weight excluding hydrogens is 401 g/mol. The van der Waals surface area contributed by atoms with Crippen molar-refractivity contribution in [3.05, 3.63) is 41.4 Å². The van der Waals surface area contributed by atoms with Crippen molar-refractivity contribution in [3.8, 4) is 0 Å². The van der Waals surface area contributed by atoms with Gasteiger partial charge in [-0.1, -0.05) is 30.9 Å². The van der Waals surface area contributed by atoms with Gasteiger partial charge in [0, 0.05) is 24.8 Å². The van der Waals surface area contributed by atoms with Crippen LogP contribution in [0.3, 0.4) is 0 Å². The number of nitrogens with one attached hydrogen (secondary N) is 2. The highest BCUT2D eigenvalue weighted by atomic mass is 35.5. The van der Waals surface area contributed by atoms with Gasteiger partial charge in [-0.2, -0.15) is 0 Å². The van der Waals surface area contributed by atoms with Crippen LogP contribution >= 0.6 is 11.6 Å². The standard InChI is InChI=1S/C23H31ClFN5/c24-20-14-19(4-5-21(20)25)29-22-15-23(28-16-27-22)30-12-8-18(9-13-30)3-1-2-17-6-10-26-11-7-17/h4-5,14-18,26H,1-3,6-13H2,(H,27,28,29). The van der Waals surface area contributed by atoms with Crippen LogP contribution in [0.5, 0.6) is 0 Å². The highest BCUT2D eigenvalue weighted by molar-refractivity contribution is 6.31. The average molecular weight is 432 g/mol. The third-order valence-corrected chi connectivity index (χ3v) is 6.76. The van der Waals surface area contributed by atoms with Crippen LogP contribution in [0.25, 0.3) is 0 Å². The van der Waals surface area contributed by atoms with Gasteiger partial charge in [0.05, 0.1) is 5.02 Å². The van der Waals surface area contributed by atoms with Crippen LogP contribution in [-0.4, -0.2) is 36.1 Å². The lowest BCUT2D eigenvalue weighted by atomic mass is 9.87. The van der Waals surface area contributed by atoms with E-state index in [0.717, 1.165) is 30.7 Å². The number of piperidine rings is 2. The molecule has 2 aliphatic heterocycles. The summed E-state index contributed by atoms with van der Waals surface area (Å²) in [7, 11) is 0. The third kappa shape index (κ3) is 5.82. The maximum absolute atomic E-state index is 13.4. The first-order valence-corrected chi connectivity index (χ1v) is 11.5. The summed E-state index contributed by atoms with van der Waals surface area (Å²) in [6, 6.07) is 6.52. The summed E-state index contributed by atoms with van der Waals surface area (Å²) in [5.41, 5.74) is 0.707. The smallest absolute Gasteiger partial charge is 0.141 e. The molecule has 0 saturated carbocycles. The summed E-state index contributed by atoms with van der Waals surface area (Å²) in [6.07, 6.45) is 10.9. The maximum atomic E-state index is 13.4. The number of nitrogens with zero attached hydrogens (tertiary/aromatic N) is 3. The molecule has 162 valence electrons. The molecule has 3 heterocycles. The molecular formula is C23H31ClFN5. The first-order valence-electron chi connectivity index (χ1n) is 11.2. The SMILES string of the molecule is Fc1ccc(Nc2cc(N3CCC(CCCC4CCNCC4)CC3)ncn2)cc1Cl. The van der Waals surface area contributed by atoms with Gasteiger partial charge in [-0.05, 0) is 68.8 Å². The van der Waals surface area contributed by atoms with E-state index in [1.165, 1.54) is 64.1 Å². The first kappa shape index (κ1) is 21.3. The molecule has 0 aliphatic carbocycles. The Kier molecular flexibility index (Phi) is 7.39. The molecule has 2 aliphatic rings. The fraction of sp³-hybridized carbons (Fsp3) is 0.565. The zero-order valence-electron chi connectivity index (χ0n) is 17.4. The molecule has 4 rings (SSSR count). The molecule has 2 fully saturated rings. The molecule has 0 radical (unpaired) electrons. The minimum absolute atomic E-state index is 0.0940. The normalized spacial score (nSPS) is 18.5. The van der Waals surface area contributed by atoms with Gasteiger partial charge < -0.3 is 15.5 Å². The van der Waals surface area contributed by atoms with Gasteiger partial charge in [-0.15, -0.1) is 0 Å². The van der Waals surface area contributed by atoms with E-state index in [1.54, 1.807) is 18.5 Å². The molecule has 0 spiro atoms. The Morgan fingerprint density at radius 2 is 1.77 bits per heavy atom. The number of aromatic nitrogens is 2. The van der Waals surface area contributed by atoms with Crippen LogP contribution in [0.15, 0.2) is 30.6 Å². The predicted octanol–water partition coefficient (Wildman–Crippen LogP) is 5.40. The van der Waals surface area contributed by atoms with Crippen LogP contribution < -0.4 is 15.5 Å². The molecule has 0 atom stereocenters. The van der Waals surface area contributed by atoms with E-state index in [0.29, 0.717) is 11.5 Å². The molecule has 2 N–H and O–H groups in total. The van der Waals surface area contributed by atoms with Crippen LogP contribution in [0.1, 0.15) is 44.9 Å². The van der Waals surface area contributed by atoms with Gasteiger partial charge in [0.15, 0.2) is 0 Å². The number of anilines is 3. The zero-order valence-corrected chi connectivity index (χ0v) is 18.2. The Bertz CT molecular complexity index is 819. The summed E-state index contributed by atoms with van der Waals surface area (Å²) in [5, 5.41) is 6.74. The summed E-state index contributed by atoms with van der Waals surface area (Å²) in [6.45, 7) is 4.48. The molecule has 0 amide bonds. The number of benzene rings is 1. The molecule has 0 bridgehead atoms. The second-order valence-corrected chi connectivity index (χ2v) is 8.98. The topological polar surface area (TPSA) is 53.1 Å². The molecule has 5 nitrogen and oxygen atoms in total. The second-order valence-electron chi connectivity index (χ2n) is 8.57. The Labute approximate surface area is 183 Å². The van der Waals surface area contributed by atoms with Gasteiger partial charge in [0.2, 0.25) is 0 Å². The van der Waals surface area contributed by atoms with Gasteiger partial charge in [0.25, 0.3) is 0 Å². The van der Waals surface area contributed by atoms with Crippen LogP contribution in [-0.2, 0) is 0 Å². The highest BCUT2D eigenvalue weighted by Gasteiger charge is 2.21. The number of rotatable bonds is 7. The minimum Gasteiger partial charge on any atom is -0.356 e. The van der Waals surface area contributed by atoms with Crippen LogP contribution in [0.4, 0.5) is 21.7 Å². The molecule has 0 unspecified atom stereocenters. The summed E-state index contributed by atoms with van der Waals surface area (Å²) < 4.78 is 13.4. The van der Waals surface area contributed by atoms with Gasteiger partial charge in [-0.25, -0.2) is 14.4 Å². The van der Waals surface area contributed by atoms with Crippen molar-refractivity contribution >= 4 is 28.9 Å². The quantitative estimate of drug-likeness (QED) is 0.614. The largest absolute Gasteiger partial charge is 0.356 e. The monoisotopic (exact) mass is 431 g/mol. The number of hydrogen-bond acceptors (Lipinski definition) is 5. The highest BCUT2D eigenvalue weighted by Crippen LogP contribution is 2.29. The van der Waals surface area contributed by atoms with Crippen LogP contribution in [0, 0.1) is 17.7 Å². The van der Waals surface area contributed by atoms with Crippen molar-refractivity contribution in [2.45, 2.75) is 44.9 Å². The first-order chi connectivity index (χ1) is 14.7. The number of halogens is 2. The fourth-order valence-electron chi connectivity index (χ4n) is 4.63. The van der Waals surface area contributed by atoms with Crippen molar-refractivity contribution < 1.29 is 4.39 Å². The molecule has 30 heavy (non-hydrogen) atoms. The minimum atomic E-state index is -0.427. The Balaban J connectivity index is 1.25. The van der Waals surface area contributed by atoms with E-state index in [2.05, 4.69) is 25.5 Å². The lowest BCUT2D eigenvalue weighted by molar-refractivity contribution is 0.313. The van der Waals surface area contributed by atoms with Crippen molar-refractivity contribution in [3.63, 3.8) is 0 Å². The molecule has 1 aromatic carbocycles.